The maximum Gasteiger partial charge on any atom is 0.254 e. The first-order valence-corrected chi connectivity index (χ1v) is 14.5. The number of thioether (sulfide) groups is 1. The Bertz CT molecular complexity index is 1470. The van der Waals surface area contributed by atoms with Crippen molar-refractivity contribution in [2.45, 2.75) is 37.4 Å². The van der Waals surface area contributed by atoms with Gasteiger partial charge in [-0.05, 0) is 74.4 Å². The van der Waals surface area contributed by atoms with Crippen molar-refractivity contribution < 1.29 is 23.1 Å². The predicted octanol–water partition coefficient (Wildman–Crippen LogP) is 5.31. The van der Waals surface area contributed by atoms with Gasteiger partial charge in [-0.3, -0.25) is 14.2 Å². The fraction of sp³-hybridized carbons (Fsp3) is 0.333. The molecule has 1 unspecified atom stereocenters. The Kier molecular flexibility index (Phi) is 9.03. The Hall–Kier alpha value is -4.12. The third-order valence-electron chi connectivity index (χ3n) is 7.03. The molecule has 1 aliphatic rings. The van der Waals surface area contributed by atoms with Gasteiger partial charge in [-0.25, -0.2) is 4.39 Å². The fourth-order valence-corrected chi connectivity index (χ4v) is 5.82. The van der Waals surface area contributed by atoms with Crippen LogP contribution in [0.5, 0.6) is 5.75 Å². The number of piperazine rings is 1. The van der Waals surface area contributed by atoms with Crippen LogP contribution in [0.15, 0.2) is 76.5 Å². The average Bonchev–Trinajstić information content (AvgIpc) is 3.67. The summed E-state index contributed by atoms with van der Waals surface area (Å²) in [6, 6.07) is 16.9. The first-order chi connectivity index (χ1) is 19.9. The highest BCUT2D eigenvalue weighted by Gasteiger charge is 2.30. The minimum absolute atomic E-state index is 0.0845. The van der Waals surface area contributed by atoms with E-state index in [2.05, 4.69) is 10.2 Å². The molecule has 2 aromatic carbocycles. The Labute approximate surface area is 242 Å². The molecule has 0 spiro atoms. The van der Waals surface area contributed by atoms with Gasteiger partial charge in [-0.2, -0.15) is 0 Å². The molecule has 2 amide bonds. The van der Waals surface area contributed by atoms with Crippen LogP contribution in [0.1, 0.15) is 36.5 Å². The number of unbranched alkanes of at least 4 members (excludes halogenated alkanes) is 1. The van der Waals surface area contributed by atoms with Crippen LogP contribution in [0.25, 0.3) is 17.3 Å². The molecule has 0 N–H and O–H groups in total. The molecule has 1 fully saturated rings. The summed E-state index contributed by atoms with van der Waals surface area (Å²) in [5.41, 5.74) is 1.22. The maximum atomic E-state index is 13.6. The van der Waals surface area contributed by atoms with Crippen LogP contribution in [-0.2, 0) is 4.79 Å². The second-order valence-electron chi connectivity index (χ2n) is 9.82. The van der Waals surface area contributed by atoms with E-state index >= 15 is 0 Å². The van der Waals surface area contributed by atoms with E-state index in [4.69, 9.17) is 9.15 Å². The number of nitrogens with zero attached hydrogens (tertiary/aromatic N) is 5. The van der Waals surface area contributed by atoms with Crippen molar-refractivity contribution in [2.24, 2.45) is 0 Å². The van der Waals surface area contributed by atoms with Crippen LogP contribution in [0.2, 0.25) is 0 Å². The van der Waals surface area contributed by atoms with Gasteiger partial charge in [0, 0.05) is 43.4 Å². The van der Waals surface area contributed by atoms with Crippen molar-refractivity contribution in [3.63, 3.8) is 0 Å². The summed E-state index contributed by atoms with van der Waals surface area (Å²) in [4.78, 5) is 29.3. The highest BCUT2D eigenvalue weighted by molar-refractivity contribution is 7.99. The lowest BCUT2D eigenvalue weighted by Gasteiger charge is -2.40. The van der Waals surface area contributed by atoms with Gasteiger partial charge in [-0.15, -0.1) is 10.2 Å². The summed E-state index contributed by atoms with van der Waals surface area (Å²) in [5.74, 6) is 2.20. The lowest BCUT2D eigenvalue weighted by atomic mass is 10.1. The summed E-state index contributed by atoms with van der Waals surface area (Å²) in [5, 5.41) is 9.52. The molecule has 3 heterocycles. The van der Waals surface area contributed by atoms with Crippen LogP contribution >= 0.6 is 11.8 Å². The van der Waals surface area contributed by atoms with Crippen molar-refractivity contribution in [3.8, 4) is 23.0 Å². The average molecular weight is 578 g/mol. The molecule has 0 radical (unpaired) electrons. The Morgan fingerprint density at radius 3 is 2.61 bits per heavy atom. The third-order valence-corrected chi connectivity index (χ3v) is 8.05. The molecule has 1 atom stereocenters. The highest BCUT2D eigenvalue weighted by atomic mass is 32.2. The normalized spacial score (nSPS) is 15.2. The van der Waals surface area contributed by atoms with Gasteiger partial charge in [0.1, 0.15) is 11.6 Å². The van der Waals surface area contributed by atoms with Crippen LogP contribution in [0.3, 0.4) is 0 Å². The maximum absolute atomic E-state index is 13.6. The van der Waals surface area contributed by atoms with Gasteiger partial charge >= 0.3 is 0 Å². The molecule has 0 bridgehead atoms. The van der Waals surface area contributed by atoms with Crippen LogP contribution in [0.4, 0.5) is 4.39 Å². The van der Waals surface area contributed by atoms with Gasteiger partial charge in [-0.1, -0.05) is 17.8 Å². The number of amides is 2. The van der Waals surface area contributed by atoms with Crippen molar-refractivity contribution in [3.05, 3.63) is 78.3 Å². The number of furan rings is 1. The summed E-state index contributed by atoms with van der Waals surface area (Å²) in [6.07, 6.45) is 3.61. The van der Waals surface area contributed by atoms with Gasteiger partial charge < -0.3 is 19.0 Å². The molecule has 5 rings (SSSR count). The number of aromatic nitrogens is 3. The van der Waals surface area contributed by atoms with E-state index in [1.54, 1.807) is 36.1 Å². The number of hydrogen-bond donors (Lipinski definition) is 0. The minimum atomic E-state index is -0.436. The number of hydrogen-bond acceptors (Lipinski definition) is 7. The Morgan fingerprint density at radius 1 is 1.07 bits per heavy atom. The number of ether oxygens (including phenoxy) is 1. The standard InChI is InChI=1S/C30H32FN5O4S/c1-21-20-34(15-16-35(21)29(38)22-7-5-8-23(31)19-22)27(37)10-3-4-18-41-30-33-32-28(26-9-6-17-40-26)36(30)24-11-13-25(39-2)14-12-24/h5-9,11-14,17,19,21H,3-4,10,15-16,18,20H2,1-2H3. The van der Waals surface area contributed by atoms with Crippen LogP contribution in [-0.4, -0.2) is 74.9 Å². The Balaban J connectivity index is 1.12. The summed E-state index contributed by atoms with van der Waals surface area (Å²) >= 11 is 1.58. The van der Waals surface area contributed by atoms with E-state index in [9.17, 15) is 14.0 Å². The lowest BCUT2D eigenvalue weighted by molar-refractivity contribution is -0.133. The van der Waals surface area contributed by atoms with Crippen molar-refractivity contribution in [1.82, 2.24) is 24.6 Å². The van der Waals surface area contributed by atoms with Crippen molar-refractivity contribution in [1.29, 1.82) is 0 Å². The molecule has 11 heteroatoms. The molecule has 214 valence electrons. The summed E-state index contributed by atoms with van der Waals surface area (Å²) in [6.45, 7) is 3.29. The predicted molar refractivity (Wildman–Crippen MR) is 154 cm³/mol. The number of methoxy groups -OCH3 is 1. The van der Waals surface area contributed by atoms with Gasteiger partial charge in [0.15, 0.2) is 10.9 Å². The first kappa shape index (κ1) is 28.4. The van der Waals surface area contributed by atoms with Crippen molar-refractivity contribution >= 4 is 23.6 Å². The quantitative estimate of drug-likeness (QED) is 0.186. The van der Waals surface area contributed by atoms with E-state index in [0.29, 0.717) is 43.2 Å². The molecule has 1 aliphatic heterocycles. The summed E-state index contributed by atoms with van der Waals surface area (Å²) in [7, 11) is 1.63. The molecule has 4 aromatic rings. The second kappa shape index (κ2) is 13.0. The first-order valence-electron chi connectivity index (χ1n) is 13.6. The van der Waals surface area contributed by atoms with Crippen LogP contribution in [0, 0.1) is 5.82 Å². The van der Waals surface area contributed by atoms with E-state index < -0.39 is 5.82 Å². The number of carbonyl (C=O) groups excluding carboxylic acids is 2. The van der Waals surface area contributed by atoms with E-state index in [1.807, 2.05) is 52.8 Å². The molecule has 2 aromatic heterocycles. The molecule has 0 aliphatic carbocycles. The fourth-order valence-electron chi connectivity index (χ4n) is 4.87. The van der Waals surface area contributed by atoms with E-state index in [0.717, 1.165) is 35.2 Å². The molecule has 0 saturated carbocycles. The highest BCUT2D eigenvalue weighted by Crippen LogP contribution is 2.29. The van der Waals surface area contributed by atoms with Crippen molar-refractivity contribution in [2.75, 3.05) is 32.5 Å². The van der Waals surface area contributed by atoms with Crippen LogP contribution < -0.4 is 4.74 Å². The summed E-state index contributed by atoms with van der Waals surface area (Å²) < 4.78 is 26.4. The van der Waals surface area contributed by atoms with E-state index in [1.165, 1.54) is 18.2 Å². The Morgan fingerprint density at radius 2 is 1.90 bits per heavy atom. The molecular formula is C30H32FN5O4S. The number of rotatable bonds is 10. The zero-order valence-electron chi connectivity index (χ0n) is 23.0. The molecule has 9 nitrogen and oxygen atoms in total. The smallest absolute Gasteiger partial charge is 0.254 e. The second-order valence-corrected chi connectivity index (χ2v) is 10.9. The molecule has 1 saturated heterocycles. The van der Waals surface area contributed by atoms with E-state index in [-0.39, 0.29) is 17.9 Å². The van der Waals surface area contributed by atoms with Gasteiger partial charge in [0.05, 0.1) is 19.1 Å². The third kappa shape index (κ3) is 6.62. The topological polar surface area (TPSA) is 93.7 Å². The zero-order valence-corrected chi connectivity index (χ0v) is 23.8. The SMILES string of the molecule is COc1ccc(-n2c(SCCCCC(=O)N3CCN(C(=O)c4cccc(F)c4)C(C)C3)nnc2-c2ccco2)cc1. The lowest BCUT2D eigenvalue weighted by Crippen LogP contribution is -2.55. The van der Waals surface area contributed by atoms with Gasteiger partial charge in [0.2, 0.25) is 11.7 Å². The zero-order chi connectivity index (χ0) is 28.8. The molecule has 41 heavy (non-hydrogen) atoms. The minimum Gasteiger partial charge on any atom is -0.497 e. The van der Waals surface area contributed by atoms with Gasteiger partial charge in [0.25, 0.3) is 5.91 Å². The number of carbonyl (C=O) groups is 2. The monoisotopic (exact) mass is 577 g/mol. The number of benzene rings is 2. The molecular weight excluding hydrogens is 545 g/mol. The largest absolute Gasteiger partial charge is 0.497 e. The number of halogens is 1.